The van der Waals surface area contributed by atoms with Crippen molar-refractivity contribution in [3.63, 3.8) is 0 Å². The van der Waals surface area contributed by atoms with Gasteiger partial charge in [0, 0.05) is 5.56 Å². The Morgan fingerprint density at radius 3 is 2.44 bits per heavy atom. The fraction of sp³-hybridized carbons (Fsp3) is 0.333. The van der Waals surface area contributed by atoms with Gasteiger partial charge in [0.2, 0.25) is 0 Å². The van der Waals surface area contributed by atoms with Crippen LogP contribution in [0.3, 0.4) is 0 Å². The molecule has 4 nitrogen and oxygen atoms in total. The number of ether oxygens (including phenoxy) is 2. The van der Waals surface area contributed by atoms with Gasteiger partial charge in [0.25, 0.3) is 0 Å². The molecule has 0 atom stereocenters. The molecule has 4 heteroatoms. The topological polar surface area (TPSA) is 59.4 Å². The first-order valence-corrected chi connectivity index (χ1v) is 5.04. The van der Waals surface area contributed by atoms with E-state index >= 15 is 0 Å². The summed E-state index contributed by atoms with van der Waals surface area (Å²) in [5.74, 6) is 0.584. The summed E-state index contributed by atoms with van der Waals surface area (Å²) in [6.07, 6.45) is 0.000167. The first-order valence-electron chi connectivity index (χ1n) is 5.04. The minimum atomic E-state index is -0.124. The molecule has 0 heterocycles. The van der Waals surface area contributed by atoms with E-state index in [0.717, 1.165) is 0 Å². The number of Topliss-reactive ketones (excluding diaryl/α,β-unsaturated/α-hetero) is 1. The standard InChI is InChI=1S/C12H15NO3/c1-3-16-12(13)8-11(14)9-4-6-10(15-2)7-5-9/h4-7,13H,3,8H2,1-2H3. The van der Waals surface area contributed by atoms with Crippen LogP contribution < -0.4 is 4.74 Å². The molecule has 1 aromatic rings. The highest BCUT2D eigenvalue weighted by molar-refractivity contribution is 6.06. The Labute approximate surface area is 94.7 Å². The van der Waals surface area contributed by atoms with E-state index in [4.69, 9.17) is 14.9 Å². The first-order chi connectivity index (χ1) is 7.67. The number of hydrogen-bond donors (Lipinski definition) is 1. The molecule has 0 amide bonds. The quantitative estimate of drug-likeness (QED) is 0.471. The van der Waals surface area contributed by atoms with Gasteiger partial charge in [-0.3, -0.25) is 10.2 Å². The summed E-state index contributed by atoms with van der Waals surface area (Å²) in [4.78, 5) is 11.7. The lowest BCUT2D eigenvalue weighted by atomic mass is 10.1. The van der Waals surface area contributed by atoms with Crippen molar-refractivity contribution in [2.45, 2.75) is 13.3 Å². The van der Waals surface area contributed by atoms with E-state index < -0.39 is 0 Å². The van der Waals surface area contributed by atoms with E-state index in [1.54, 1.807) is 38.3 Å². The van der Waals surface area contributed by atoms with Crippen molar-refractivity contribution in [3.8, 4) is 5.75 Å². The Balaban J connectivity index is 2.62. The fourth-order valence-electron chi connectivity index (χ4n) is 1.25. The van der Waals surface area contributed by atoms with Crippen LogP contribution in [0, 0.1) is 5.41 Å². The van der Waals surface area contributed by atoms with Crippen LogP contribution in [0.2, 0.25) is 0 Å². The van der Waals surface area contributed by atoms with Gasteiger partial charge in [0.15, 0.2) is 11.7 Å². The third-order valence-corrected chi connectivity index (χ3v) is 2.05. The van der Waals surface area contributed by atoms with E-state index in [2.05, 4.69) is 0 Å². The molecule has 0 aromatic heterocycles. The smallest absolute Gasteiger partial charge is 0.188 e. The average molecular weight is 221 g/mol. The van der Waals surface area contributed by atoms with E-state index in [9.17, 15) is 4.79 Å². The molecular formula is C12H15NO3. The van der Waals surface area contributed by atoms with Gasteiger partial charge in [-0.25, -0.2) is 0 Å². The van der Waals surface area contributed by atoms with Crippen molar-refractivity contribution >= 4 is 11.7 Å². The van der Waals surface area contributed by atoms with Crippen molar-refractivity contribution in [2.24, 2.45) is 0 Å². The third-order valence-electron chi connectivity index (χ3n) is 2.05. The maximum atomic E-state index is 11.7. The molecule has 0 bridgehead atoms. The molecule has 0 spiro atoms. The highest BCUT2D eigenvalue weighted by Crippen LogP contribution is 2.12. The summed E-state index contributed by atoms with van der Waals surface area (Å²) in [7, 11) is 1.57. The molecule has 16 heavy (non-hydrogen) atoms. The highest BCUT2D eigenvalue weighted by Gasteiger charge is 2.09. The minimum Gasteiger partial charge on any atom is -0.497 e. The lowest BCUT2D eigenvalue weighted by Crippen LogP contribution is -2.10. The first kappa shape index (κ1) is 12.2. The average Bonchev–Trinajstić information content (AvgIpc) is 2.29. The number of carbonyl (C=O) groups is 1. The number of carbonyl (C=O) groups excluding carboxylic acids is 1. The summed E-state index contributed by atoms with van der Waals surface area (Å²) in [5.41, 5.74) is 0.560. The lowest BCUT2D eigenvalue weighted by Gasteiger charge is -2.05. The van der Waals surface area contributed by atoms with Crippen molar-refractivity contribution in [1.82, 2.24) is 0 Å². The van der Waals surface area contributed by atoms with Crippen LogP contribution in [0.4, 0.5) is 0 Å². The molecule has 1 rings (SSSR count). The van der Waals surface area contributed by atoms with Crippen molar-refractivity contribution in [3.05, 3.63) is 29.8 Å². The predicted octanol–water partition coefficient (Wildman–Crippen LogP) is 2.28. The van der Waals surface area contributed by atoms with E-state index in [1.807, 2.05) is 0 Å². The number of methoxy groups -OCH3 is 1. The Morgan fingerprint density at radius 2 is 1.94 bits per heavy atom. The van der Waals surface area contributed by atoms with Crippen molar-refractivity contribution in [1.29, 1.82) is 5.41 Å². The van der Waals surface area contributed by atoms with Gasteiger partial charge < -0.3 is 9.47 Å². The molecule has 0 saturated heterocycles. The molecule has 0 fully saturated rings. The zero-order valence-electron chi connectivity index (χ0n) is 9.45. The number of nitrogens with one attached hydrogen (secondary N) is 1. The summed E-state index contributed by atoms with van der Waals surface area (Å²) in [6, 6.07) is 6.80. The SMILES string of the molecule is CCOC(=N)CC(=O)c1ccc(OC)cc1. The van der Waals surface area contributed by atoms with Gasteiger partial charge >= 0.3 is 0 Å². The molecular weight excluding hydrogens is 206 g/mol. The van der Waals surface area contributed by atoms with Crippen LogP contribution in [-0.2, 0) is 4.74 Å². The molecule has 0 aliphatic heterocycles. The summed E-state index contributed by atoms with van der Waals surface area (Å²) in [6.45, 7) is 2.20. The second-order valence-electron chi connectivity index (χ2n) is 3.18. The lowest BCUT2D eigenvalue weighted by molar-refractivity contribution is 0.0993. The summed E-state index contributed by atoms with van der Waals surface area (Å²) in [5, 5.41) is 7.38. The molecule has 86 valence electrons. The summed E-state index contributed by atoms with van der Waals surface area (Å²) >= 11 is 0. The maximum Gasteiger partial charge on any atom is 0.188 e. The van der Waals surface area contributed by atoms with Crippen LogP contribution in [-0.4, -0.2) is 25.4 Å². The van der Waals surface area contributed by atoms with Gasteiger partial charge in [-0.05, 0) is 31.2 Å². The molecule has 0 saturated carbocycles. The molecule has 0 radical (unpaired) electrons. The van der Waals surface area contributed by atoms with E-state index in [1.165, 1.54) is 0 Å². The zero-order chi connectivity index (χ0) is 12.0. The molecule has 1 N–H and O–H groups in total. The van der Waals surface area contributed by atoms with Gasteiger partial charge in [0.05, 0.1) is 20.1 Å². The van der Waals surface area contributed by atoms with Crippen molar-refractivity contribution < 1.29 is 14.3 Å². The maximum absolute atomic E-state index is 11.7. The van der Waals surface area contributed by atoms with Crippen LogP contribution in [0.1, 0.15) is 23.7 Å². The van der Waals surface area contributed by atoms with Crippen LogP contribution >= 0.6 is 0 Å². The minimum absolute atomic E-state index is 0.000167. The fourth-order valence-corrected chi connectivity index (χ4v) is 1.25. The number of rotatable bonds is 5. The molecule has 0 aliphatic carbocycles. The van der Waals surface area contributed by atoms with E-state index in [0.29, 0.717) is 17.9 Å². The van der Waals surface area contributed by atoms with Gasteiger partial charge in [0.1, 0.15) is 5.75 Å². The van der Waals surface area contributed by atoms with Gasteiger partial charge in [-0.2, -0.15) is 0 Å². The normalized spacial score (nSPS) is 9.62. The number of hydrogen-bond acceptors (Lipinski definition) is 4. The Hall–Kier alpha value is -1.84. The summed E-state index contributed by atoms with van der Waals surface area (Å²) < 4.78 is 9.91. The second-order valence-corrected chi connectivity index (χ2v) is 3.18. The Morgan fingerprint density at radius 1 is 1.31 bits per heavy atom. The van der Waals surface area contributed by atoms with Crippen LogP contribution in [0.25, 0.3) is 0 Å². The monoisotopic (exact) mass is 221 g/mol. The van der Waals surface area contributed by atoms with Crippen molar-refractivity contribution in [2.75, 3.05) is 13.7 Å². The van der Waals surface area contributed by atoms with Gasteiger partial charge in [-0.1, -0.05) is 0 Å². The molecule has 0 unspecified atom stereocenters. The van der Waals surface area contributed by atoms with Crippen LogP contribution in [0.5, 0.6) is 5.75 Å². The third kappa shape index (κ3) is 3.38. The Kier molecular flexibility index (Phi) is 4.51. The second kappa shape index (κ2) is 5.90. The van der Waals surface area contributed by atoms with Crippen LogP contribution in [0.15, 0.2) is 24.3 Å². The Bertz CT molecular complexity index is 370. The number of ketones is 1. The number of benzene rings is 1. The van der Waals surface area contributed by atoms with E-state index in [-0.39, 0.29) is 18.1 Å². The van der Waals surface area contributed by atoms with Gasteiger partial charge in [-0.15, -0.1) is 0 Å². The largest absolute Gasteiger partial charge is 0.497 e. The molecule has 0 aliphatic rings. The zero-order valence-corrected chi connectivity index (χ0v) is 9.45. The highest BCUT2D eigenvalue weighted by atomic mass is 16.5. The molecule has 1 aromatic carbocycles. The predicted molar refractivity (Wildman–Crippen MR) is 61.3 cm³/mol.